The molecule has 6 nitrogen and oxygen atoms in total. The first-order chi connectivity index (χ1) is 9.74. The normalized spacial score (nSPS) is 14.0. The summed E-state index contributed by atoms with van der Waals surface area (Å²) in [6.45, 7) is 5.50. The molecule has 21 heavy (non-hydrogen) atoms. The minimum atomic E-state index is -1.48. The van der Waals surface area contributed by atoms with Gasteiger partial charge in [0, 0.05) is 5.54 Å². The summed E-state index contributed by atoms with van der Waals surface area (Å²) in [6, 6.07) is 7.40. The monoisotopic (exact) mass is 294 g/mol. The van der Waals surface area contributed by atoms with Crippen LogP contribution < -0.4 is 10.6 Å². The van der Waals surface area contributed by atoms with Gasteiger partial charge in [0.2, 0.25) is 0 Å². The Kier molecular flexibility index (Phi) is 5.72. The number of benzene rings is 1. The van der Waals surface area contributed by atoms with Crippen molar-refractivity contribution in [2.75, 3.05) is 7.11 Å². The van der Waals surface area contributed by atoms with Crippen LogP contribution in [0.25, 0.3) is 0 Å². The van der Waals surface area contributed by atoms with E-state index in [-0.39, 0.29) is 0 Å². The molecule has 0 spiro atoms. The molecule has 2 atom stereocenters. The fourth-order valence-corrected chi connectivity index (χ4v) is 1.78. The molecule has 1 aromatic carbocycles. The largest absolute Gasteiger partial charge is 0.467 e. The molecule has 116 valence electrons. The molecule has 0 fully saturated rings. The van der Waals surface area contributed by atoms with Crippen molar-refractivity contribution in [3.63, 3.8) is 0 Å². The molecule has 0 saturated carbocycles. The van der Waals surface area contributed by atoms with Crippen LogP contribution in [0.4, 0.5) is 4.79 Å². The molecule has 1 aromatic rings. The number of amides is 2. The molecule has 6 heteroatoms. The topological polar surface area (TPSA) is 87.7 Å². The number of ether oxygens (including phenoxy) is 1. The summed E-state index contributed by atoms with van der Waals surface area (Å²) >= 11 is 0. The lowest BCUT2D eigenvalue weighted by Gasteiger charge is -2.26. The Morgan fingerprint density at radius 1 is 1.19 bits per heavy atom. The zero-order valence-electron chi connectivity index (χ0n) is 12.7. The molecular weight excluding hydrogens is 272 g/mol. The number of aliphatic hydroxyl groups excluding tert-OH is 1. The lowest BCUT2D eigenvalue weighted by atomic mass is 10.0. The lowest BCUT2D eigenvalue weighted by molar-refractivity contribution is -0.151. The van der Waals surface area contributed by atoms with Crippen molar-refractivity contribution in [1.82, 2.24) is 10.6 Å². The third-order valence-corrected chi connectivity index (χ3v) is 2.69. The molecule has 0 aromatic heterocycles. The number of esters is 1. The Hall–Kier alpha value is -2.08. The minimum absolute atomic E-state index is 0.429. The molecule has 1 rings (SSSR count). The van der Waals surface area contributed by atoms with Gasteiger partial charge < -0.3 is 20.5 Å². The minimum Gasteiger partial charge on any atom is -0.467 e. The average molecular weight is 294 g/mol. The van der Waals surface area contributed by atoms with Crippen LogP contribution in [0.3, 0.4) is 0 Å². The standard InChI is InChI=1S/C15H22N2O4/c1-15(2,3)17-14(20)16-11(12(18)13(19)21-4)10-8-6-5-7-9-10/h5-9,11-12,18H,1-4H3,(H2,16,17,20)/t11-,12?/m1/s1. The molecular formula is C15H22N2O4. The Balaban J connectivity index is 2.93. The van der Waals surface area contributed by atoms with Crippen LogP contribution in [0.5, 0.6) is 0 Å². The number of hydrogen-bond donors (Lipinski definition) is 3. The van der Waals surface area contributed by atoms with Crippen LogP contribution in [-0.4, -0.2) is 35.9 Å². The second kappa shape index (κ2) is 7.08. The third kappa shape index (κ3) is 5.43. The number of carbonyl (C=O) groups excluding carboxylic acids is 2. The van der Waals surface area contributed by atoms with Crippen LogP contribution in [0.2, 0.25) is 0 Å². The number of hydrogen-bond acceptors (Lipinski definition) is 4. The van der Waals surface area contributed by atoms with Crippen molar-refractivity contribution in [2.45, 2.75) is 38.5 Å². The lowest BCUT2D eigenvalue weighted by Crippen LogP contribution is -2.50. The van der Waals surface area contributed by atoms with Crippen molar-refractivity contribution < 1.29 is 19.4 Å². The molecule has 3 N–H and O–H groups in total. The maximum absolute atomic E-state index is 12.0. The number of carbonyl (C=O) groups is 2. The fourth-order valence-electron chi connectivity index (χ4n) is 1.78. The highest BCUT2D eigenvalue weighted by Gasteiger charge is 2.30. The van der Waals surface area contributed by atoms with Gasteiger partial charge >= 0.3 is 12.0 Å². The second-order valence-corrected chi connectivity index (χ2v) is 5.70. The van der Waals surface area contributed by atoms with E-state index in [9.17, 15) is 14.7 Å². The number of nitrogens with one attached hydrogen (secondary N) is 2. The summed E-state index contributed by atoms with van der Waals surface area (Å²) in [5.41, 5.74) is 0.182. The molecule has 2 amide bonds. The van der Waals surface area contributed by atoms with Gasteiger partial charge in [0.1, 0.15) is 0 Å². The van der Waals surface area contributed by atoms with Crippen molar-refractivity contribution in [3.8, 4) is 0 Å². The van der Waals surface area contributed by atoms with Gasteiger partial charge in [0.25, 0.3) is 0 Å². The van der Waals surface area contributed by atoms with Crippen LogP contribution >= 0.6 is 0 Å². The highest BCUT2D eigenvalue weighted by atomic mass is 16.5. The Morgan fingerprint density at radius 3 is 2.24 bits per heavy atom. The van der Waals surface area contributed by atoms with Crippen LogP contribution in [0.1, 0.15) is 32.4 Å². The quantitative estimate of drug-likeness (QED) is 0.732. The molecule has 0 bridgehead atoms. The van der Waals surface area contributed by atoms with E-state index in [1.54, 1.807) is 30.3 Å². The predicted octanol–water partition coefficient (Wildman–Crippen LogP) is 1.36. The Bertz CT molecular complexity index is 482. The van der Waals surface area contributed by atoms with E-state index in [1.165, 1.54) is 7.11 Å². The van der Waals surface area contributed by atoms with E-state index in [2.05, 4.69) is 15.4 Å². The summed E-state index contributed by atoms with van der Waals surface area (Å²) in [6.07, 6.45) is -1.48. The maximum Gasteiger partial charge on any atom is 0.337 e. The molecule has 0 aliphatic heterocycles. The van der Waals surface area contributed by atoms with E-state index in [0.717, 1.165) is 0 Å². The van der Waals surface area contributed by atoms with Crippen LogP contribution in [0, 0.1) is 0 Å². The highest BCUT2D eigenvalue weighted by molar-refractivity contribution is 5.79. The first kappa shape index (κ1) is 17.0. The van der Waals surface area contributed by atoms with Gasteiger partial charge in [0.05, 0.1) is 13.2 Å². The average Bonchev–Trinajstić information content (AvgIpc) is 2.42. The molecule has 0 heterocycles. The number of rotatable bonds is 4. The smallest absolute Gasteiger partial charge is 0.337 e. The zero-order chi connectivity index (χ0) is 16.0. The summed E-state index contributed by atoms with van der Waals surface area (Å²) in [4.78, 5) is 23.5. The third-order valence-electron chi connectivity index (χ3n) is 2.69. The van der Waals surface area contributed by atoms with E-state index >= 15 is 0 Å². The van der Waals surface area contributed by atoms with Gasteiger partial charge in [-0.15, -0.1) is 0 Å². The van der Waals surface area contributed by atoms with Gasteiger partial charge in [-0.3, -0.25) is 0 Å². The molecule has 0 aliphatic carbocycles. The van der Waals surface area contributed by atoms with Crippen molar-refractivity contribution in [1.29, 1.82) is 0 Å². The van der Waals surface area contributed by atoms with Gasteiger partial charge in [0.15, 0.2) is 6.10 Å². The summed E-state index contributed by atoms with van der Waals surface area (Å²) in [5, 5.41) is 15.4. The van der Waals surface area contributed by atoms with Crippen molar-refractivity contribution in [3.05, 3.63) is 35.9 Å². The molecule has 0 aliphatic rings. The SMILES string of the molecule is COC(=O)C(O)[C@H](NC(=O)NC(C)(C)C)c1ccccc1. The van der Waals surface area contributed by atoms with Crippen molar-refractivity contribution >= 4 is 12.0 Å². The van der Waals surface area contributed by atoms with Gasteiger partial charge in [-0.05, 0) is 26.3 Å². The van der Waals surface area contributed by atoms with E-state index in [4.69, 9.17) is 0 Å². The highest BCUT2D eigenvalue weighted by Crippen LogP contribution is 2.18. The van der Waals surface area contributed by atoms with Gasteiger partial charge in [-0.2, -0.15) is 0 Å². The van der Waals surface area contributed by atoms with Crippen LogP contribution in [0.15, 0.2) is 30.3 Å². The number of urea groups is 1. The molecule has 0 radical (unpaired) electrons. The molecule has 0 saturated heterocycles. The first-order valence-electron chi connectivity index (χ1n) is 6.64. The molecule has 1 unspecified atom stereocenters. The Labute approximate surface area is 124 Å². The maximum atomic E-state index is 12.0. The number of methoxy groups -OCH3 is 1. The summed E-state index contributed by atoms with van der Waals surface area (Å²) < 4.78 is 4.54. The summed E-state index contributed by atoms with van der Waals surface area (Å²) in [7, 11) is 1.18. The second-order valence-electron chi connectivity index (χ2n) is 5.70. The van der Waals surface area contributed by atoms with Gasteiger partial charge in [-0.1, -0.05) is 30.3 Å². The van der Waals surface area contributed by atoms with E-state index < -0.39 is 29.7 Å². The van der Waals surface area contributed by atoms with Gasteiger partial charge in [-0.25, -0.2) is 9.59 Å². The van der Waals surface area contributed by atoms with E-state index in [0.29, 0.717) is 5.56 Å². The summed E-state index contributed by atoms with van der Waals surface area (Å²) in [5.74, 6) is -0.806. The zero-order valence-corrected chi connectivity index (χ0v) is 12.7. The van der Waals surface area contributed by atoms with Crippen LogP contribution in [-0.2, 0) is 9.53 Å². The Morgan fingerprint density at radius 2 is 1.76 bits per heavy atom. The van der Waals surface area contributed by atoms with E-state index in [1.807, 2.05) is 20.8 Å². The first-order valence-corrected chi connectivity index (χ1v) is 6.64. The number of aliphatic hydroxyl groups is 1. The van der Waals surface area contributed by atoms with Crippen molar-refractivity contribution in [2.24, 2.45) is 0 Å². The predicted molar refractivity (Wildman–Crippen MR) is 78.6 cm³/mol. The fraction of sp³-hybridized carbons (Fsp3) is 0.467.